The van der Waals surface area contributed by atoms with E-state index in [-0.39, 0.29) is 18.9 Å². The molecule has 2 fully saturated rings. The topological polar surface area (TPSA) is 81.1 Å². The second-order valence-electron chi connectivity index (χ2n) is 7.59. The maximum Gasteiger partial charge on any atom is 0.312 e. The predicted octanol–water partition coefficient (Wildman–Crippen LogP) is 3.02. The van der Waals surface area contributed by atoms with E-state index in [1.807, 2.05) is 13.0 Å². The van der Waals surface area contributed by atoms with Gasteiger partial charge in [-0.25, -0.2) is 0 Å². The molecule has 0 aromatic heterocycles. The van der Waals surface area contributed by atoms with Crippen molar-refractivity contribution in [3.63, 3.8) is 0 Å². The first-order chi connectivity index (χ1) is 12.9. The first-order valence-corrected chi connectivity index (χ1v) is 10.0. The van der Waals surface area contributed by atoms with Crippen molar-refractivity contribution in [3.05, 3.63) is 28.8 Å². The molecule has 1 aromatic carbocycles. The lowest BCUT2D eigenvalue weighted by atomic mass is 9.72. The Morgan fingerprint density at radius 2 is 1.96 bits per heavy atom. The summed E-state index contributed by atoms with van der Waals surface area (Å²) >= 11 is 6.41. The van der Waals surface area contributed by atoms with E-state index in [1.165, 1.54) is 4.90 Å². The van der Waals surface area contributed by atoms with Crippen LogP contribution >= 0.6 is 11.6 Å². The van der Waals surface area contributed by atoms with Crippen molar-refractivity contribution in [2.75, 3.05) is 31.1 Å². The Morgan fingerprint density at radius 3 is 2.52 bits per heavy atom. The first kappa shape index (κ1) is 20.0. The summed E-state index contributed by atoms with van der Waals surface area (Å²) in [5, 5.41) is 20.7. The average Bonchev–Trinajstić information content (AvgIpc) is 3.17. The second kappa shape index (κ2) is 8.07. The number of aliphatic hydroxyl groups excluding tert-OH is 1. The van der Waals surface area contributed by atoms with Gasteiger partial charge in [-0.1, -0.05) is 24.9 Å². The lowest BCUT2D eigenvalue weighted by molar-refractivity contribution is -0.162. The van der Waals surface area contributed by atoms with Gasteiger partial charge in [0, 0.05) is 31.7 Å². The summed E-state index contributed by atoms with van der Waals surface area (Å²) < 4.78 is 0. The fourth-order valence-electron chi connectivity index (χ4n) is 4.29. The fraction of sp³-hybridized carbons (Fsp3) is 0.600. The highest BCUT2D eigenvalue weighted by Gasteiger charge is 2.48. The van der Waals surface area contributed by atoms with Gasteiger partial charge in [-0.3, -0.25) is 9.59 Å². The molecule has 6 nitrogen and oxygen atoms in total. The zero-order valence-electron chi connectivity index (χ0n) is 15.7. The molecule has 0 unspecified atom stereocenters. The molecule has 0 aliphatic carbocycles. The van der Waals surface area contributed by atoms with Crippen molar-refractivity contribution in [3.8, 4) is 0 Å². The smallest absolute Gasteiger partial charge is 0.312 e. The standard InChI is InChI=1S/C20H27ClN2O4/c1-2-7-20(19(26)27)8-11-23(13-17(20)24)18(25)14-5-6-16(15(21)12-14)22-9-3-4-10-22/h5-6,12,17,24H,2-4,7-11,13H2,1H3,(H,26,27)/t17-,20+/m1/s1. The molecule has 0 radical (unpaired) electrons. The lowest BCUT2D eigenvalue weighted by Gasteiger charge is -2.42. The van der Waals surface area contributed by atoms with Gasteiger partial charge in [-0.15, -0.1) is 0 Å². The number of hydrogen-bond donors (Lipinski definition) is 2. The maximum atomic E-state index is 12.9. The van der Waals surface area contributed by atoms with Gasteiger partial charge in [-0.2, -0.15) is 0 Å². The van der Waals surface area contributed by atoms with Gasteiger partial charge >= 0.3 is 5.97 Å². The number of hydrogen-bond acceptors (Lipinski definition) is 4. The van der Waals surface area contributed by atoms with E-state index in [9.17, 15) is 19.8 Å². The molecule has 7 heteroatoms. The highest BCUT2D eigenvalue weighted by Crippen LogP contribution is 2.37. The van der Waals surface area contributed by atoms with Crippen LogP contribution in [-0.2, 0) is 4.79 Å². The Hall–Kier alpha value is -1.79. The van der Waals surface area contributed by atoms with Crippen LogP contribution < -0.4 is 4.90 Å². The molecule has 3 rings (SSSR count). The minimum atomic E-state index is -1.16. The number of piperidine rings is 1. The number of carbonyl (C=O) groups excluding carboxylic acids is 1. The maximum absolute atomic E-state index is 12.9. The van der Waals surface area contributed by atoms with Crippen molar-refractivity contribution >= 4 is 29.2 Å². The van der Waals surface area contributed by atoms with Crippen LogP contribution in [0.3, 0.4) is 0 Å². The van der Waals surface area contributed by atoms with E-state index in [4.69, 9.17) is 11.6 Å². The van der Waals surface area contributed by atoms with E-state index < -0.39 is 17.5 Å². The number of carbonyl (C=O) groups is 2. The molecule has 148 valence electrons. The number of anilines is 1. The Bertz CT molecular complexity index is 720. The number of nitrogens with zero attached hydrogens (tertiary/aromatic N) is 2. The van der Waals surface area contributed by atoms with E-state index in [1.54, 1.807) is 12.1 Å². The summed E-state index contributed by atoms with van der Waals surface area (Å²) in [6.07, 6.45) is 2.54. The molecule has 0 spiro atoms. The van der Waals surface area contributed by atoms with Gasteiger partial charge in [0.15, 0.2) is 0 Å². The molecule has 2 N–H and O–H groups in total. The summed E-state index contributed by atoms with van der Waals surface area (Å²) in [6.45, 7) is 4.18. The number of aliphatic carboxylic acids is 1. The second-order valence-corrected chi connectivity index (χ2v) is 8.00. The Morgan fingerprint density at radius 1 is 1.26 bits per heavy atom. The molecular formula is C20H27ClN2O4. The third-order valence-electron chi connectivity index (χ3n) is 5.91. The number of carboxylic acid groups (broad SMARTS) is 1. The minimum absolute atomic E-state index is 0.0244. The van der Waals surface area contributed by atoms with Crippen molar-refractivity contribution in [1.82, 2.24) is 4.90 Å². The molecule has 2 aliphatic heterocycles. The summed E-state index contributed by atoms with van der Waals surface area (Å²) in [6, 6.07) is 5.31. The number of rotatable bonds is 5. The van der Waals surface area contributed by atoms with Crippen molar-refractivity contribution < 1.29 is 19.8 Å². The zero-order chi connectivity index (χ0) is 19.6. The Labute approximate surface area is 164 Å². The predicted molar refractivity (Wildman–Crippen MR) is 104 cm³/mol. The van der Waals surface area contributed by atoms with Gasteiger partial charge in [0.1, 0.15) is 0 Å². The minimum Gasteiger partial charge on any atom is -0.481 e. The molecule has 27 heavy (non-hydrogen) atoms. The number of aliphatic hydroxyl groups is 1. The molecule has 1 amide bonds. The number of carboxylic acids is 1. The molecule has 1 aromatic rings. The number of likely N-dealkylation sites (tertiary alicyclic amines) is 1. The fourth-order valence-corrected chi connectivity index (χ4v) is 4.59. The summed E-state index contributed by atoms with van der Waals surface area (Å²) in [5.41, 5.74) is 0.244. The van der Waals surface area contributed by atoms with Crippen LogP contribution in [0.1, 0.15) is 49.4 Å². The highest BCUT2D eigenvalue weighted by molar-refractivity contribution is 6.33. The number of halogens is 1. The normalized spacial score (nSPS) is 25.7. The van der Waals surface area contributed by atoms with Crippen molar-refractivity contribution in [2.45, 2.75) is 45.1 Å². The first-order valence-electron chi connectivity index (χ1n) is 9.64. The highest BCUT2D eigenvalue weighted by atomic mass is 35.5. The van der Waals surface area contributed by atoms with Gasteiger partial charge < -0.3 is 20.0 Å². The molecule has 2 saturated heterocycles. The van der Waals surface area contributed by atoms with Crippen LogP contribution in [0.15, 0.2) is 18.2 Å². The van der Waals surface area contributed by atoms with Crippen LogP contribution in [0.4, 0.5) is 5.69 Å². The summed E-state index contributed by atoms with van der Waals surface area (Å²) in [4.78, 5) is 28.4. The molecule has 2 atom stereocenters. The van der Waals surface area contributed by atoms with Crippen LogP contribution in [0, 0.1) is 5.41 Å². The Balaban J connectivity index is 1.73. The molecule has 0 saturated carbocycles. The van der Waals surface area contributed by atoms with E-state index >= 15 is 0 Å². The van der Waals surface area contributed by atoms with E-state index in [0.717, 1.165) is 31.6 Å². The van der Waals surface area contributed by atoms with E-state index in [2.05, 4.69) is 4.90 Å². The van der Waals surface area contributed by atoms with Crippen LogP contribution in [0.25, 0.3) is 0 Å². The number of benzene rings is 1. The monoisotopic (exact) mass is 394 g/mol. The van der Waals surface area contributed by atoms with Crippen LogP contribution in [-0.4, -0.2) is 59.3 Å². The molecule has 2 aliphatic rings. The van der Waals surface area contributed by atoms with Crippen LogP contribution in [0.2, 0.25) is 5.02 Å². The van der Waals surface area contributed by atoms with Gasteiger partial charge in [0.25, 0.3) is 5.91 Å². The SMILES string of the molecule is CCC[C@]1(C(=O)O)CCN(C(=O)c2ccc(N3CCCC3)c(Cl)c2)C[C@H]1O. The Kier molecular flexibility index (Phi) is 5.96. The zero-order valence-corrected chi connectivity index (χ0v) is 16.4. The summed E-state index contributed by atoms with van der Waals surface area (Å²) in [5.74, 6) is -1.21. The number of β-amino-alcohol motifs (C(OH)–C–C–N with tert-alkyl or cyclic N) is 1. The summed E-state index contributed by atoms with van der Waals surface area (Å²) in [7, 11) is 0. The quantitative estimate of drug-likeness (QED) is 0.802. The van der Waals surface area contributed by atoms with Gasteiger partial charge in [-0.05, 0) is 43.9 Å². The van der Waals surface area contributed by atoms with Gasteiger partial charge in [0.05, 0.1) is 22.2 Å². The molecule has 0 bridgehead atoms. The van der Waals surface area contributed by atoms with Crippen LogP contribution in [0.5, 0.6) is 0 Å². The third kappa shape index (κ3) is 3.78. The number of amides is 1. The van der Waals surface area contributed by atoms with Crippen molar-refractivity contribution in [2.24, 2.45) is 5.41 Å². The molecular weight excluding hydrogens is 368 g/mol. The van der Waals surface area contributed by atoms with Gasteiger partial charge in [0.2, 0.25) is 0 Å². The lowest BCUT2D eigenvalue weighted by Crippen LogP contribution is -2.56. The largest absolute Gasteiger partial charge is 0.481 e. The average molecular weight is 395 g/mol. The van der Waals surface area contributed by atoms with E-state index in [0.29, 0.717) is 30.0 Å². The molecule has 2 heterocycles. The van der Waals surface area contributed by atoms with Crippen molar-refractivity contribution in [1.29, 1.82) is 0 Å². The third-order valence-corrected chi connectivity index (χ3v) is 6.21.